The second kappa shape index (κ2) is 7.56. The molecule has 0 aromatic carbocycles. The van der Waals surface area contributed by atoms with Crippen LogP contribution in [0.4, 0.5) is 0 Å². The molecule has 2 atom stereocenters. The van der Waals surface area contributed by atoms with Gasteiger partial charge in [-0.3, -0.25) is 9.59 Å². The molecule has 1 aliphatic rings. The van der Waals surface area contributed by atoms with Crippen LogP contribution in [0.3, 0.4) is 0 Å². The number of thiophene rings is 1. The Morgan fingerprint density at radius 2 is 2.38 bits per heavy atom. The molecule has 1 aromatic heterocycles. The number of aliphatic hydroxyl groups is 1. The van der Waals surface area contributed by atoms with Crippen LogP contribution < -0.4 is 5.32 Å². The van der Waals surface area contributed by atoms with E-state index >= 15 is 0 Å². The first-order valence-electron chi connectivity index (χ1n) is 7.43. The second-order valence-corrected chi connectivity index (χ2v) is 6.21. The normalized spacial score (nSPS) is 19.5. The summed E-state index contributed by atoms with van der Waals surface area (Å²) in [4.78, 5) is 27.2. The predicted molar refractivity (Wildman–Crippen MR) is 82.3 cm³/mol. The molecule has 21 heavy (non-hydrogen) atoms. The van der Waals surface area contributed by atoms with E-state index in [-0.39, 0.29) is 30.5 Å². The van der Waals surface area contributed by atoms with E-state index in [1.54, 1.807) is 11.0 Å². The average molecular weight is 310 g/mol. The van der Waals surface area contributed by atoms with Gasteiger partial charge in [0.15, 0.2) is 0 Å². The highest BCUT2D eigenvalue weighted by atomic mass is 32.1. The molecule has 2 amide bonds. The molecule has 0 saturated carbocycles. The van der Waals surface area contributed by atoms with Gasteiger partial charge in [0.2, 0.25) is 5.91 Å². The van der Waals surface area contributed by atoms with Crippen molar-refractivity contribution in [2.24, 2.45) is 0 Å². The lowest BCUT2D eigenvalue weighted by molar-refractivity contribution is -0.125. The Morgan fingerprint density at radius 1 is 1.57 bits per heavy atom. The van der Waals surface area contributed by atoms with Gasteiger partial charge in [0.05, 0.1) is 4.88 Å². The van der Waals surface area contributed by atoms with Gasteiger partial charge in [0.25, 0.3) is 5.91 Å². The fourth-order valence-corrected chi connectivity index (χ4v) is 3.33. The van der Waals surface area contributed by atoms with Gasteiger partial charge in [0, 0.05) is 19.2 Å². The van der Waals surface area contributed by atoms with Crippen molar-refractivity contribution in [2.45, 2.75) is 44.7 Å². The van der Waals surface area contributed by atoms with Crippen LogP contribution in [0.25, 0.3) is 0 Å². The van der Waals surface area contributed by atoms with Gasteiger partial charge in [0.1, 0.15) is 6.04 Å². The zero-order valence-corrected chi connectivity index (χ0v) is 13.1. The van der Waals surface area contributed by atoms with E-state index in [2.05, 4.69) is 5.32 Å². The summed E-state index contributed by atoms with van der Waals surface area (Å²) in [7, 11) is 0. The molecule has 6 heteroatoms. The van der Waals surface area contributed by atoms with Crippen molar-refractivity contribution in [2.75, 3.05) is 13.2 Å². The molecule has 0 spiro atoms. The fourth-order valence-electron chi connectivity index (χ4n) is 2.66. The molecule has 1 fully saturated rings. The Bertz CT molecular complexity index is 475. The summed E-state index contributed by atoms with van der Waals surface area (Å²) in [6, 6.07) is 3.23. The lowest BCUT2D eigenvalue weighted by atomic mass is 10.1. The van der Waals surface area contributed by atoms with Crippen LogP contribution in [0, 0.1) is 0 Å². The predicted octanol–water partition coefficient (Wildman–Crippen LogP) is 1.63. The van der Waals surface area contributed by atoms with Crippen LogP contribution in [0.15, 0.2) is 17.5 Å². The topological polar surface area (TPSA) is 69.6 Å². The molecule has 1 aromatic rings. The van der Waals surface area contributed by atoms with Crippen molar-refractivity contribution in [3.05, 3.63) is 22.4 Å². The van der Waals surface area contributed by atoms with Gasteiger partial charge >= 0.3 is 0 Å². The van der Waals surface area contributed by atoms with Crippen LogP contribution in [0.5, 0.6) is 0 Å². The van der Waals surface area contributed by atoms with Gasteiger partial charge in [-0.25, -0.2) is 0 Å². The van der Waals surface area contributed by atoms with Crippen molar-refractivity contribution in [1.29, 1.82) is 0 Å². The van der Waals surface area contributed by atoms with Crippen molar-refractivity contribution in [3.63, 3.8) is 0 Å². The SMILES string of the molecule is CCC(CCO)NC(=O)[C@@H]1CCCN1C(=O)c1cccs1. The lowest BCUT2D eigenvalue weighted by Crippen LogP contribution is -2.48. The molecule has 0 aliphatic carbocycles. The number of aliphatic hydroxyl groups excluding tert-OH is 1. The summed E-state index contributed by atoms with van der Waals surface area (Å²) in [6.07, 6.45) is 2.89. The number of amides is 2. The number of carbonyl (C=O) groups excluding carboxylic acids is 2. The Kier molecular flexibility index (Phi) is 5.76. The first-order chi connectivity index (χ1) is 10.2. The molecule has 116 valence electrons. The van der Waals surface area contributed by atoms with Crippen molar-refractivity contribution in [3.8, 4) is 0 Å². The molecule has 0 radical (unpaired) electrons. The molecule has 1 aliphatic heterocycles. The van der Waals surface area contributed by atoms with E-state index in [9.17, 15) is 9.59 Å². The molecule has 0 bridgehead atoms. The Balaban J connectivity index is 2.01. The van der Waals surface area contributed by atoms with E-state index in [4.69, 9.17) is 5.11 Å². The zero-order valence-electron chi connectivity index (χ0n) is 12.2. The highest BCUT2D eigenvalue weighted by Gasteiger charge is 2.35. The summed E-state index contributed by atoms with van der Waals surface area (Å²) in [5, 5.41) is 13.8. The van der Waals surface area contributed by atoms with Gasteiger partial charge in [-0.1, -0.05) is 13.0 Å². The minimum Gasteiger partial charge on any atom is -0.396 e. The maximum Gasteiger partial charge on any atom is 0.264 e. The summed E-state index contributed by atoms with van der Waals surface area (Å²) >= 11 is 1.40. The number of carbonyl (C=O) groups is 2. The van der Waals surface area contributed by atoms with E-state index in [0.717, 1.165) is 12.8 Å². The van der Waals surface area contributed by atoms with Crippen LogP contribution in [-0.2, 0) is 4.79 Å². The first kappa shape index (κ1) is 16.0. The number of hydrogen-bond acceptors (Lipinski definition) is 4. The quantitative estimate of drug-likeness (QED) is 0.839. The molecular formula is C15H22N2O3S. The standard InChI is InChI=1S/C15H22N2O3S/c1-2-11(7-9-18)16-14(19)12-5-3-8-17(12)15(20)13-6-4-10-21-13/h4,6,10-12,18H,2-3,5,7-9H2,1H3,(H,16,19)/t11?,12-/m0/s1. The monoisotopic (exact) mass is 310 g/mol. The number of hydrogen-bond donors (Lipinski definition) is 2. The number of nitrogens with zero attached hydrogens (tertiary/aromatic N) is 1. The molecule has 2 rings (SSSR count). The molecule has 2 heterocycles. The van der Waals surface area contributed by atoms with E-state index in [1.165, 1.54) is 11.3 Å². The second-order valence-electron chi connectivity index (χ2n) is 5.26. The van der Waals surface area contributed by atoms with Crippen LogP contribution in [-0.4, -0.2) is 47.1 Å². The summed E-state index contributed by atoms with van der Waals surface area (Å²) in [5.74, 6) is -0.157. The van der Waals surface area contributed by atoms with Crippen LogP contribution in [0.2, 0.25) is 0 Å². The highest BCUT2D eigenvalue weighted by molar-refractivity contribution is 7.12. The summed E-state index contributed by atoms with van der Waals surface area (Å²) < 4.78 is 0. The Labute approximate surface area is 129 Å². The van der Waals surface area contributed by atoms with Gasteiger partial charge < -0.3 is 15.3 Å². The maximum atomic E-state index is 12.4. The molecule has 2 N–H and O–H groups in total. The summed E-state index contributed by atoms with van der Waals surface area (Å²) in [5.41, 5.74) is 0. The molecule has 1 unspecified atom stereocenters. The Hall–Kier alpha value is -1.40. The largest absolute Gasteiger partial charge is 0.396 e. The van der Waals surface area contributed by atoms with Gasteiger partial charge in [-0.05, 0) is 37.1 Å². The van der Waals surface area contributed by atoms with Crippen molar-refractivity contribution in [1.82, 2.24) is 10.2 Å². The molecular weight excluding hydrogens is 288 g/mol. The number of likely N-dealkylation sites (tertiary alicyclic amines) is 1. The minimum atomic E-state index is -0.382. The van der Waals surface area contributed by atoms with Crippen molar-refractivity contribution < 1.29 is 14.7 Å². The minimum absolute atomic E-state index is 0.0261. The first-order valence-corrected chi connectivity index (χ1v) is 8.31. The van der Waals surface area contributed by atoms with E-state index in [1.807, 2.05) is 18.4 Å². The van der Waals surface area contributed by atoms with Crippen molar-refractivity contribution >= 4 is 23.2 Å². The zero-order chi connectivity index (χ0) is 15.2. The summed E-state index contributed by atoms with van der Waals surface area (Å²) in [6.45, 7) is 2.66. The lowest BCUT2D eigenvalue weighted by Gasteiger charge is -2.25. The Morgan fingerprint density at radius 3 is 3.00 bits per heavy atom. The van der Waals surface area contributed by atoms with Gasteiger partial charge in [-0.15, -0.1) is 11.3 Å². The van der Waals surface area contributed by atoms with E-state index < -0.39 is 0 Å². The maximum absolute atomic E-state index is 12.4. The fraction of sp³-hybridized carbons (Fsp3) is 0.600. The van der Waals surface area contributed by atoms with Gasteiger partial charge in [-0.2, -0.15) is 0 Å². The average Bonchev–Trinajstić information content (AvgIpc) is 3.16. The third-order valence-electron chi connectivity index (χ3n) is 3.87. The number of nitrogens with one attached hydrogen (secondary N) is 1. The third-order valence-corrected chi connectivity index (χ3v) is 4.72. The highest BCUT2D eigenvalue weighted by Crippen LogP contribution is 2.22. The van der Waals surface area contributed by atoms with Crippen LogP contribution in [0.1, 0.15) is 42.3 Å². The smallest absolute Gasteiger partial charge is 0.264 e. The number of rotatable bonds is 6. The molecule has 5 nitrogen and oxygen atoms in total. The molecule has 1 saturated heterocycles. The van der Waals surface area contributed by atoms with E-state index in [0.29, 0.717) is 24.3 Å². The van der Waals surface area contributed by atoms with Crippen LogP contribution >= 0.6 is 11.3 Å². The third kappa shape index (κ3) is 3.83.